The fraction of sp³-hybridized carbons (Fsp3) is 0.182. The van der Waals surface area contributed by atoms with Crippen molar-refractivity contribution in [2.45, 2.75) is 27.2 Å². The summed E-state index contributed by atoms with van der Waals surface area (Å²) in [7, 11) is 0. The molecule has 6 nitrogen and oxygen atoms in total. The quantitative estimate of drug-likeness (QED) is 0.525. The van der Waals surface area contributed by atoms with Crippen molar-refractivity contribution in [2.75, 3.05) is 5.32 Å². The van der Waals surface area contributed by atoms with Crippen LogP contribution in [0.5, 0.6) is 0 Å². The monoisotopic (exact) mass is 405 g/mol. The molecular weight excluding hydrogens is 386 g/mol. The summed E-state index contributed by atoms with van der Waals surface area (Å²) in [5.41, 5.74) is 5.93. The van der Waals surface area contributed by atoms with Gasteiger partial charge in [-0.1, -0.05) is 42.8 Å². The van der Waals surface area contributed by atoms with Gasteiger partial charge in [0, 0.05) is 10.7 Å². The lowest BCUT2D eigenvalue weighted by Crippen LogP contribution is -2.18. The molecule has 0 aliphatic heterocycles. The van der Waals surface area contributed by atoms with E-state index in [2.05, 4.69) is 15.5 Å². The first-order valence-corrected chi connectivity index (χ1v) is 9.74. The molecule has 1 amide bonds. The third-order valence-electron chi connectivity index (χ3n) is 4.78. The molecule has 2 aromatic carbocycles. The lowest BCUT2D eigenvalue weighted by atomic mass is 10.0. The van der Waals surface area contributed by atoms with Gasteiger partial charge in [0.15, 0.2) is 11.3 Å². The zero-order valence-electron chi connectivity index (χ0n) is 16.4. The third kappa shape index (κ3) is 3.59. The molecule has 0 unspecified atom stereocenters. The first kappa shape index (κ1) is 19.1. The maximum Gasteiger partial charge on any atom is 0.278 e. The lowest BCUT2D eigenvalue weighted by molar-refractivity contribution is 0.102. The molecular formula is C22H20ClN5O. The number of benzene rings is 2. The van der Waals surface area contributed by atoms with Crippen molar-refractivity contribution in [1.82, 2.24) is 19.8 Å². The molecule has 0 bridgehead atoms. The van der Waals surface area contributed by atoms with Crippen molar-refractivity contribution in [2.24, 2.45) is 0 Å². The van der Waals surface area contributed by atoms with Crippen LogP contribution in [-0.4, -0.2) is 25.7 Å². The van der Waals surface area contributed by atoms with Gasteiger partial charge in [-0.3, -0.25) is 4.79 Å². The van der Waals surface area contributed by atoms with E-state index < -0.39 is 0 Å². The zero-order valence-corrected chi connectivity index (χ0v) is 17.2. The van der Waals surface area contributed by atoms with E-state index in [4.69, 9.17) is 16.7 Å². The fourth-order valence-electron chi connectivity index (χ4n) is 3.36. The molecule has 2 aromatic heterocycles. The van der Waals surface area contributed by atoms with E-state index in [1.165, 1.54) is 0 Å². The van der Waals surface area contributed by atoms with Crippen LogP contribution >= 0.6 is 11.6 Å². The lowest BCUT2D eigenvalue weighted by Gasteiger charge is -2.08. The number of anilines is 1. The number of hydrogen-bond acceptors (Lipinski definition) is 4. The van der Waals surface area contributed by atoms with E-state index in [1.807, 2.05) is 69.3 Å². The summed E-state index contributed by atoms with van der Waals surface area (Å²) in [6.07, 6.45) is 0.718. The predicted molar refractivity (Wildman–Crippen MR) is 114 cm³/mol. The SMILES string of the molecule is CCc1nn2c(C)c(C(=O)Nc3cccc(C)c3)nnc2c1-c1cccc(Cl)c1. The molecule has 4 aromatic rings. The molecule has 0 aliphatic rings. The Hall–Kier alpha value is -3.25. The Balaban J connectivity index is 1.79. The van der Waals surface area contributed by atoms with Gasteiger partial charge in [-0.15, -0.1) is 10.2 Å². The summed E-state index contributed by atoms with van der Waals surface area (Å²) >= 11 is 6.18. The average molecular weight is 406 g/mol. The highest BCUT2D eigenvalue weighted by Crippen LogP contribution is 2.30. The molecule has 0 saturated carbocycles. The average Bonchev–Trinajstić information content (AvgIpc) is 3.08. The molecule has 7 heteroatoms. The highest BCUT2D eigenvalue weighted by molar-refractivity contribution is 6.30. The van der Waals surface area contributed by atoms with E-state index >= 15 is 0 Å². The van der Waals surface area contributed by atoms with Gasteiger partial charge in [0.05, 0.1) is 17.0 Å². The molecule has 29 heavy (non-hydrogen) atoms. The molecule has 0 fully saturated rings. The van der Waals surface area contributed by atoms with Crippen LogP contribution in [-0.2, 0) is 6.42 Å². The minimum absolute atomic E-state index is 0.238. The summed E-state index contributed by atoms with van der Waals surface area (Å²) in [6.45, 7) is 5.82. The summed E-state index contributed by atoms with van der Waals surface area (Å²) in [4.78, 5) is 12.8. The van der Waals surface area contributed by atoms with Crippen molar-refractivity contribution in [1.29, 1.82) is 0 Å². The third-order valence-corrected chi connectivity index (χ3v) is 5.01. The summed E-state index contributed by atoms with van der Waals surface area (Å²) in [5, 5.41) is 16.8. The highest BCUT2D eigenvalue weighted by Gasteiger charge is 2.21. The molecule has 0 aliphatic carbocycles. The normalized spacial score (nSPS) is 11.0. The molecule has 4 rings (SSSR count). The topological polar surface area (TPSA) is 72.2 Å². The molecule has 0 radical (unpaired) electrons. The van der Waals surface area contributed by atoms with Crippen LogP contribution in [0.4, 0.5) is 5.69 Å². The first-order chi connectivity index (χ1) is 14.0. The van der Waals surface area contributed by atoms with Crippen molar-refractivity contribution in [3.8, 4) is 11.1 Å². The number of halogens is 1. The second-order valence-corrected chi connectivity index (χ2v) is 7.32. The Morgan fingerprint density at radius 1 is 1.10 bits per heavy atom. The number of aryl methyl sites for hydroxylation is 3. The number of nitrogens with zero attached hydrogens (tertiary/aromatic N) is 4. The zero-order chi connectivity index (χ0) is 20.5. The first-order valence-electron chi connectivity index (χ1n) is 9.36. The Kier molecular flexibility index (Phi) is 5.03. The maximum atomic E-state index is 12.8. The number of carbonyl (C=O) groups excluding carboxylic acids is 1. The van der Waals surface area contributed by atoms with Crippen molar-refractivity contribution in [3.05, 3.63) is 76.2 Å². The molecule has 0 atom stereocenters. The van der Waals surface area contributed by atoms with Crippen LogP contribution < -0.4 is 5.32 Å². The molecule has 1 N–H and O–H groups in total. The van der Waals surface area contributed by atoms with Crippen LogP contribution in [0.3, 0.4) is 0 Å². The summed E-state index contributed by atoms with van der Waals surface area (Å²) in [6, 6.07) is 15.2. The number of aromatic nitrogens is 4. The number of rotatable bonds is 4. The van der Waals surface area contributed by atoms with Gasteiger partial charge in [0.2, 0.25) is 0 Å². The van der Waals surface area contributed by atoms with Gasteiger partial charge in [0.25, 0.3) is 5.91 Å². The van der Waals surface area contributed by atoms with Gasteiger partial charge in [-0.25, -0.2) is 4.52 Å². The molecule has 0 spiro atoms. The standard InChI is InChI=1S/C22H20ClN5O/c1-4-18-19(15-8-6-9-16(23)12-15)21-26-25-20(14(3)28(21)27-18)22(29)24-17-10-5-7-13(2)11-17/h5-12H,4H2,1-3H3,(H,24,29). The Morgan fingerprint density at radius 3 is 2.62 bits per heavy atom. The van der Waals surface area contributed by atoms with E-state index in [0.29, 0.717) is 22.1 Å². The van der Waals surface area contributed by atoms with E-state index in [-0.39, 0.29) is 11.6 Å². The maximum absolute atomic E-state index is 12.8. The van der Waals surface area contributed by atoms with E-state index in [9.17, 15) is 4.79 Å². The van der Waals surface area contributed by atoms with Gasteiger partial charge < -0.3 is 5.32 Å². The Morgan fingerprint density at radius 2 is 1.90 bits per heavy atom. The van der Waals surface area contributed by atoms with E-state index in [1.54, 1.807) is 4.52 Å². The highest BCUT2D eigenvalue weighted by atomic mass is 35.5. The van der Waals surface area contributed by atoms with Crippen LogP contribution in [0.2, 0.25) is 5.02 Å². The van der Waals surface area contributed by atoms with Crippen LogP contribution in [0, 0.1) is 13.8 Å². The molecule has 146 valence electrons. The van der Waals surface area contributed by atoms with Gasteiger partial charge >= 0.3 is 0 Å². The largest absolute Gasteiger partial charge is 0.321 e. The summed E-state index contributed by atoms with van der Waals surface area (Å²) in [5.74, 6) is -0.319. The minimum Gasteiger partial charge on any atom is -0.321 e. The number of carbonyl (C=O) groups is 1. The van der Waals surface area contributed by atoms with E-state index in [0.717, 1.165) is 28.8 Å². The van der Waals surface area contributed by atoms with Gasteiger partial charge in [0.1, 0.15) is 0 Å². The fourth-order valence-corrected chi connectivity index (χ4v) is 3.55. The Bertz CT molecular complexity index is 1230. The van der Waals surface area contributed by atoms with Crippen molar-refractivity contribution >= 4 is 28.8 Å². The number of amides is 1. The van der Waals surface area contributed by atoms with Gasteiger partial charge in [-0.05, 0) is 55.7 Å². The van der Waals surface area contributed by atoms with Crippen molar-refractivity contribution in [3.63, 3.8) is 0 Å². The second-order valence-electron chi connectivity index (χ2n) is 6.88. The molecule has 2 heterocycles. The smallest absolute Gasteiger partial charge is 0.278 e. The van der Waals surface area contributed by atoms with Crippen LogP contribution in [0.1, 0.15) is 34.4 Å². The number of fused-ring (bicyclic) bond motifs is 1. The predicted octanol–water partition coefficient (Wildman–Crippen LogP) is 4.88. The summed E-state index contributed by atoms with van der Waals surface area (Å²) < 4.78 is 1.69. The Labute approximate surface area is 173 Å². The molecule has 0 saturated heterocycles. The van der Waals surface area contributed by atoms with Crippen LogP contribution in [0.15, 0.2) is 48.5 Å². The second kappa shape index (κ2) is 7.64. The number of nitrogens with one attached hydrogen (secondary N) is 1. The minimum atomic E-state index is -0.319. The van der Waals surface area contributed by atoms with Gasteiger partial charge in [-0.2, -0.15) is 5.10 Å². The number of hydrogen-bond donors (Lipinski definition) is 1. The van der Waals surface area contributed by atoms with Crippen LogP contribution in [0.25, 0.3) is 16.8 Å². The van der Waals surface area contributed by atoms with Crippen molar-refractivity contribution < 1.29 is 4.79 Å².